The molecule has 6 nitrogen and oxygen atoms in total. The second-order valence-corrected chi connectivity index (χ2v) is 7.59. The van der Waals surface area contributed by atoms with Gasteiger partial charge in [-0.15, -0.1) is 0 Å². The molecule has 30 heavy (non-hydrogen) atoms. The molecule has 1 atom stereocenters. The molecule has 3 aromatic rings. The van der Waals surface area contributed by atoms with Gasteiger partial charge in [0, 0.05) is 18.1 Å². The van der Waals surface area contributed by atoms with Gasteiger partial charge in [0.1, 0.15) is 6.04 Å². The number of aryl methyl sites for hydroxylation is 1. The van der Waals surface area contributed by atoms with Crippen molar-refractivity contribution in [2.75, 3.05) is 13.1 Å². The standard InChI is InChI=1S/C23H26ClN3O3/c1-5-19(22(29)25(6-2)7-3)27-20-11-9-8-10-17(20)21(28)26(23(27)30)16-13-12-15(4)18(24)14-16/h8-14,19H,5-7H2,1-4H3. The second kappa shape index (κ2) is 8.88. The number of aromatic nitrogens is 2. The summed E-state index contributed by atoms with van der Waals surface area (Å²) >= 11 is 6.26. The Balaban J connectivity index is 2.39. The molecule has 1 unspecified atom stereocenters. The van der Waals surface area contributed by atoms with E-state index in [1.807, 2.05) is 27.7 Å². The molecule has 0 spiro atoms. The van der Waals surface area contributed by atoms with Crippen molar-refractivity contribution in [2.24, 2.45) is 0 Å². The third-order valence-electron chi connectivity index (χ3n) is 5.47. The predicted octanol–water partition coefficient (Wildman–Crippen LogP) is 3.93. The molecule has 2 aromatic carbocycles. The van der Waals surface area contributed by atoms with Crippen LogP contribution in [0.3, 0.4) is 0 Å². The lowest BCUT2D eigenvalue weighted by molar-refractivity contribution is -0.134. The Hall–Kier alpha value is -2.86. The molecule has 1 heterocycles. The highest BCUT2D eigenvalue weighted by molar-refractivity contribution is 6.31. The zero-order valence-electron chi connectivity index (χ0n) is 17.7. The maximum atomic E-state index is 13.6. The van der Waals surface area contributed by atoms with E-state index in [-0.39, 0.29) is 5.91 Å². The Bertz CT molecular complexity index is 1210. The first-order valence-electron chi connectivity index (χ1n) is 10.2. The quantitative estimate of drug-likeness (QED) is 0.598. The van der Waals surface area contributed by atoms with Crippen molar-refractivity contribution < 1.29 is 4.79 Å². The molecule has 0 aliphatic rings. The Morgan fingerprint density at radius 3 is 2.33 bits per heavy atom. The largest absolute Gasteiger partial charge is 0.341 e. The summed E-state index contributed by atoms with van der Waals surface area (Å²) in [7, 11) is 0. The van der Waals surface area contributed by atoms with E-state index in [1.165, 1.54) is 4.57 Å². The van der Waals surface area contributed by atoms with Gasteiger partial charge < -0.3 is 4.90 Å². The molecular weight excluding hydrogens is 402 g/mol. The van der Waals surface area contributed by atoms with Crippen LogP contribution in [0.5, 0.6) is 0 Å². The molecule has 0 aliphatic carbocycles. The SMILES string of the molecule is CCC(C(=O)N(CC)CC)n1c(=O)n(-c2ccc(C)c(Cl)c2)c(=O)c2ccccc21. The molecule has 0 fully saturated rings. The first-order chi connectivity index (χ1) is 14.3. The number of fused-ring (bicyclic) bond motifs is 1. The first kappa shape index (κ1) is 21.8. The van der Waals surface area contributed by atoms with E-state index in [0.29, 0.717) is 41.1 Å². The number of amides is 1. The van der Waals surface area contributed by atoms with Gasteiger partial charge >= 0.3 is 5.69 Å². The third kappa shape index (κ3) is 3.67. The third-order valence-corrected chi connectivity index (χ3v) is 5.87. The zero-order chi connectivity index (χ0) is 22.0. The van der Waals surface area contributed by atoms with E-state index >= 15 is 0 Å². The highest BCUT2D eigenvalue weighted by Crippen LogP contribution is 2.21. The molecule has 3 rings (SSSR count). The number of para-hydroxylation sites is 1. The normalized spacial score (nSPS) is 12.2. The highest BCUT2D eigenvalue weighted by Gasteiger charge is 2.27. The minimum Gasteiger partial charge on any atom is -0.341 e. The summed E-state index contributed by atoms with van der Waals surface area (Å²) in [6.07, 6.45) is 0.423. The van der Waals surface area contributed by atoms with Crippen LogP contribution in [0.4, 0.5) is 0 Å². The number of nitrogens with zero attached hydrogens (tertiary/aromatic N) is 3. The van der Waals surface area contributed by atoms with Crippen LogP contribution in [0.2, 0.25) is 5.02 Å². The summed E-state index contributed by atoms with van der Waals surface area (Å²) < 4.78 is 2.55. The molecule has 1 aromatic heterocycles. The number of carbonyl (C=O) groups excluding carboxylic acids is 1. The fourth-order valence-corrected chi connectivity index (χ4v) is 3.92. The van der Waals surface area contributed by atoms with E-state index in [0.717, 1.165) is 10.1 Å². The average molecular weight is 428 g/mol. The van der Waals surface area contributed by atoms with E-state index in [9.17, 15) is 14.4 Å². The number of carbonyl (C=O) groups is 1. The van der Waals surface area contributed by atoms with Gasteiger partial charge in [-0.2, -0.15) is 0 Å². The van der Waals surface area contributed by atoms with Crippen LogP contribution in [0.25, 0.3) is 16.6 Å². The lowest BCUT2D eigenvalue weighted by Crippen LogP contribution is -2.45. The van der Waals surface area contributed by atoms with Crippen LogP contribution < -0.4 is 11.2 Å². The van der Waals surface area contributed by atoms with E-state index < -0.39 is 17.3 Å². The predicted molar refractivity (Wildman–Crippen MR) is 121 cm³/mol. The summed E-state index contributed by atoms with van der Waals surface area (Å²) in [6, 6.07) is 11.2. The van der Waals surface area contributed by atoms with Gasteiger partial charge in [-0.25, -0.2) is 9.36 Å². The lowest BCUT2D eigenvalue weighted by atomic mass is 10.1. The van der Waals surface area contributed by atoms with Crippen LogP contribution in [0.15, 0.2) is 52.1 Å². The Morgan fingerprint density at radius 2 is 1.73 bits per heavy atom. The highest BCUT2D eigenvalue weighted by atomic mass is 35.5. The first-order valence-corrected chi connectivity index (χ1v) is 10.5. The second-order valence-electron chi connectivity index (χ2n) is 7.18. The molecule has 0 saturated carbocycles. The molecule has 0 bridgehead atoms. The van der Waals surface area contributed by atoms with E-state index in [1.54, 1.807) is 47.4 Å². The number of likely N-dealkylation sites (N-methyl/N-ethyl adjacent to an activating group) is 1. The molecule has 0 radical (unpaired) electrons. The van der Waals surface area contributed by atoms with Crippen LogP contribution >= 0.6 is 11.6 Å². The Kier molecular flexibility index (Phi) is 6.46. The summed E-state index contributed by atoms with van der Waals surface area (Å²) in [5, 5.41) is 0.837. The fourth-order valence-electron chi connectivity index (χ4n) is 3.75. The maximum absolute atomic E-state index is 13.6. The smallest absolute Gasteiger partial charge is 0.336 e. The maximum Gasteiger partial charge on any atom is 0.336 e. The number of hydrogen-bond donors (Lipinski definition) is 0. The Labute approximate surface area is 180 Å². The average Bonchev–Trinajstić information content (AvgIpc) is 2.74. The van der Waals surface area contributed by atoms with Crippen LogP contribution in [-0.2, 0) is 4.79 Å². The molecule has 0 aliphatic heterocycles. The summed E-state index contributed by atoms with van der Waals surface area (Å²) in [6.45, 7) is 8.63. The van der Waals surface area contributed by atoms with Crippen molar-refractivity contribution in [3.63, 3.8) is 0 Å². The van der Waals surface area contributed by atoms with Gasteiger partial charge in [0.25, 0.3) is 5.56 Å². The molecule has 0 saturated heterocycles. The van der Waals surface area contributed by atoms with Gasteiger partial charge in [0.15, 0.2) is 0 Å². The van der Waals surface area contributed by atoms with E-state index in [2.05, 4.69) is 0 Å². The van der Waals surface area contributed by atoms with Crippen LogP contribution in [-0.4, -0.2) is 33.0 Å². The van der Waals surface area contributed by atoms with Gasteiger partial charge in [-0.1, -0.05) is 36.7 Å². The van der Waals surface area contributed by atoms with E-state index in [4.69, 9.17) is 11.6 Å². The molecule has 158 valence electrons. The summed E-state index contributed by atoms with van der Waals surface area (Å²) in [5.74, 6) is -0.137. The molecular formula is C23H26ClN3O3. The van der Waals surface area contributed by atoms with Crippen molar-refractivity contribution in [2.45, 2.75) is 40.2 Å². The minimum absolute atomic E-state index is 0.137. The van der Waals surface area contributed by atoms with Gasteiger partial charge in [-0.05, 0) is 57.0 Å². The van der Waals surface area contributed by atoms with Crippen molar-refractivity contribution in [3.05, 3.63) is 73.9 Å². The van der Waals surface area contributed by atoms with Gasteiger partial charge in [0.05, 0.1) is 16.6 Å². The fraction of sp³-hybridized carbons (Fsp3) is 0.348. The number of rotatable bonds is 6. The summed E-state index contributed by atoms with van der Waals surface area (Å²) in [4.78, 5) is 41.8. The minimum atomic E-state index is -0.713. The molecule has 7 heteroatoms. The molecule has 0 N–H and O–H groups in total. The van der Waals surface area contributed by atoms with Crippen LogP contribution in [0.1, 0.15) is 38.8 Å². The van der Waals surface area contributed by atoms with Crippen molar-refractivity contribution in [3.8, 4) is 5.69 Å². The summed E-state index contributed by atoms with van der Waals surface area (Å²) in [5.41, 5.74) is 0.695. The number of hydrogen-bond acceptors (Lipinski definition) is 3. The number of halogens is 1. The van der Waals surface area contributed by atoms with Crippen LogP contribution in [0, 0.1) is 6.92 Å². The van der Waals surface area contributed by atoms with Gasteiger partial charge in [0.2, 0.25) is 5.91 Å². The zero-order valence-corrected chi connectivity index (χ0v) is 18.4. The van der Waals surface area contributed by atoms with Crippen molar-refractivity contribution in [1.29, 1.82) is 0 Å². The van der Waals surface area contributed by atoms with Gasteiger partial charge in [-0.3, -0.25) is 14.2 Å². The monoisotopic (exact) mass is 427 g/mol. The topological polar surface area (TPSA) is 64.3 Å². The number of benzene rings is 2. The van der Waals surface area contributed by atoms with Crippen molar-refractivity contribution >= 4 is 28.4 Å². The lowest BCUT2D eigenvalue weighted by Gasteiger charge is -2.27. The van der Waals surface area contributed by atoms with Crippen molar-refractivity contribution in [1.82, 2.24) is 14.0 Å². The molecule has 1 amide bonds. The Morgan fingerprint density at radius 1 is 1.07 bits per heavy atom.